The van der Waals surface area contributed by atoms with Crippen LogP contribution in [0.2, 0.25) is 0 Å². The molecule has 0 unspecified atom stereocenters. The highest BCUT2D eigenvalue weighted by molar-refractivity contribution is 5.84. The normalized spacial score (nSPS) is 10.8. The molecule has 1 rings (SSSR count). The second-order valence-electron chi connectivity index (χ2n) is 6.22. The zero-order chi connectivity index (χ0) is 18.3. The Kier molecular flexibility index (Phi) is 7.78. The van der Waals surface area contributed by atoms with Crippen LogP contribution in [0.4, 0.5) is 4.79 Å². The fourth-order valence-electron chi connectivity index (χ4n) is 2.23. The number of methoxy groups -OCH3 is 1. The SMILES string of the molecule is COCCN(Cc1ccc(C)o1)C(=O)CN(C(=O)N(C)C)C(C)C. The van der Waals surface area contributed by atoms with Crippen molar-refractivity contribution < 1.29 is 18.7 Å². The van der Waals surface area contributed by atoms with Gasteiger partial charge in [-0.25, -0.2) is 4.79 Å². The lowest BCUT2D eigenvalue weighted by molar-refractivity contribution is -0.133. The van der Waals surface area contributed by atoms with E-state index in [1.807, 2.05) is 32.9 Å². The molecule has 0 radical (unpaired) electrons. The average molecular weight is 339 g/mol. The Morgan fingerprint density at radius 3 is 2.38 bits per heavy atom. The van der Waals surface area contributed by atoms with Gasteiger partial charge in [0.1, 0.15) is 18.1 Å². The van der Waals surface area contributed by atoms with Crippen LogP contribution >= 0.6 is 0 Å². The molecule has 0 N–H and O–H groups in total. The van der Waals surface area contributed by atoms with Gasteiger partial charge in [0, 0.05) is 33.8 Å². The first-order chi connectivity index (χ1) is 11.3. The van der Waals surface area contributed by atoms with Crippen molar-refractivity contribution in [3.8, 4) is 0 Å². The van der Waals surface area contributed by atoms with Gasteiger partial charge in [0.25, 0.3) is 0 Å². The highest BCUT2D eigenvalue weighted by Gasteiger charge is 2.25. The number of nitrogens with zero attached hydrogens (tertiary/aromatic N) is 3. The highest BCUT2D eigenvalue weighted by atomic mass is 16.5. The fourth-order valence-corrected chi connectivity index (χ4v) is 2.23. The minimum absolute atomic E-state index is 0.0259. The van der Waals surface area contributed by atoms with Gasteiger partial charge in [0.2, 0.25) is 5.91 Å². The molecule has 7 nitrogen and oxygen atoms in total. The molecule has 0 spiro atoms. The standard InChI is InChI=1S/C17H29N3O4/c1-13(2)20(17(22)18(4)5)12-16(21)19(9-10-23-6)11-15-8-7-14(3)24-15/h7-8,13H,9-12H2,1-6H3. The van der Waals surface area contributed by atoms with E-state index in [0.717, 1.165) is 5.76 Å². The van der Waals surface area contributed by atoms with Crippen molar-refractivity contribution in [1.29, 1.82) is 0 Å². The summed E-state index contributed by atoms with van der Waals surface area (Å²) in [6.45, 7) is 6.90. The van der Waals surface area contributed by atoms with Crippen molar-refractivity contribution in [3.63, 3.8) is 0 Å². The van der Waals surface area contributed by atoms with Crippen LogP contribution in [0.1, 0.15) is 25.4 Å². The quantitative estimate of drug-likeness (QED) is 0.726. The van der Waals surface area contributed by atoms with Crippen molar-refractivity contribution >= 4 is 11.9 Å². The molecule has 0 bridgehead atoms. The van der Waals surface area contributed by atoms with E-state index in [-0.39, 0.29) is 24.5 Å². The number of aryl methyl sites for hydroxylation is 1. The Hall–Kier alpha value is -2.02. The molecule has 0 aliphatic rings. The molecule has 1 aromatic rings. The Labute approximate surface area is 144 Å². The first-order valence-electron chi connectivity index (χ1n) is 8.06. The van der Waals surface area contributed by atoms with Crippen molar-refractivity contribution in [2.24, 2.45) is 0 Å². The maximum Gasteiger partial charge on any atom is 0.320 e. The maximum absolute atomic E-state index is 12.7. The van der Waals surface area contributed by atoms with Gasteiger partial charge in [0.15, 0.2) is 0 Å². The zero-order valence-corrected chi connectivity index (χ0v) is 15.5. The molecular formula is C17H29N3O4. The highest BCUT2D eigenvalue weighted by Crippen LogP contribution is 2.11. The molecule has 24 heavy (non-hydrogen) atoms. The largest absolute Gasteiger partial charge is 0.464 e. The molecule has 0 aliphatic heterocycles. The molecule has 3 amide bonds. The summed E-state index contributed by atoms with van der Waals surface area (Å²) >= 11 is 0. The molecule has 0 fully saturated rings. The van der Waals surface area contributed by atoms with E-state index in [2.05, 4.69) is 0 Å². The number of carbonyl (C=O) groups is 2. The number of furan rings is 1. The smallest absolute Gasteiger partial charge is 0.320 e. The lowest BCUT2D eigenvalue weighted by atomic mass is 10.3. The first kappa shape index (κ1) is 20.0. The number of rotatable bonds is 8. The van der Waals surface area contributed by atoms with Crippen LogP contribution in [0, 0.1) is 6.92 Å². The second kappa shape index (κ2) is 9.32. The monoisotopic (exact) mass is 339 g/mol. The Morgan fingerprint density at radius 2 is 1.92 bits per heavy atom. The van der Waals surface area contributed by atoms with Crippen molar-refractivity contribution in [3.05, 3.63) is 23.7 Å². The lowest BCUT2D eigenvalue weighted by Crippen LogP contribution is -2.49. The Morgan fingerprint density at radius 1 is 1.25 bits per heavy atom. The molecule has 0 atom stereocenters. The van der Waals surface area contributed by atoms with Crippen LogP contribution in [0.25, 0.3) is 0 Å². The summed E-state index contributed by atoms with van der Waals surface area (Å²) in [5, 5.41) is 0. The third kappa shape index (κ3) is 5.88. The summed E-state index contributed by atoms with van der Waals surface area (Å²) < 4.78 is 10.6. The topological polar surface area (TPSA) is 66.2 Å². The van der Waals surface area contributed by atoms with Gasteiger partial charge in [-0.1, -0.05) is 0 Å². The Balaban J connectivity index is 2.83. The average Bonchev–Trinajstić information content (AvgIpc) is 2.92. The van der Waals surface area contributed by atoms with Gasteiger partial charge in [-0.05, 0) is 32.9 Å². The van der Waals surface area contributed by atoms with Crippen LogP contribution in [-0.4, -0.2) is 73.6 Å². The van der Waals surface area contributed by atoms with E-state index in [1.165, 1.54) is 4.90 Å². The van der Waals surface area contributed by atoms with E-state index >= 15 is 0 Å². The third-order valence-corrected chi connectivity index (χ3v) is 3.62. The summed E-state index contributed by atoms with van der Waals surface area (Å²) in [5.74, 6) is 1.38. The molecule has 0 aliphatic carbocycles. The molecule has 1 heterocycles. The lowest BCUT2D eigenvalue weighted by Gasteiger charge is -2.31. The van der Waals surface area contributed by atoms with Crippen LogP contribution < -0.4 is 0 Å². The number of hydrogen-bond acceptors (Lipinski definition) is 4. The van der Waals surface area contributed by atoms with E-state index < -0.39 is 0 Å². The number of hydrogen-bond donors (Lipinski definition) is 0. The molecule has 0 saturated carbocycles. The summed E-state index contributed by atoms with van der Waals surface area (Å²) in [6.07, 6.45) is 0. The minimum Gasteiger partial charge on any atom is -0.464 e. The number of amides is 3. The fraction of sp³-hybridized carbons (Fsp3) is 0.647. The van der Waals surface area contributed by atoms with Crippen LogP contribution in [0.3, 0.4) is 0 Å². The van der Waals surface area contributed by atoms with Gasteiger partial charge >= 0.3 is 6.03 Å². The number of carbonyl (C=O) groups excluding carboxylic acids is 2. The molecule has 7 heteroatoms. The van der Waals surface area contributed by atoms with E-state index in [9.17, 15) is 9.59 Å². The van der Waals surface area contributed by atoms with Crippen LogP contribution in [-0.2, 0) is 16.1 Å². The van der Waals surface area contributed by atoms with Gasteiger partial charge in [-0.15, -0.1) is 0 Å². The van der Waals surface area contributed by atoms with E-state index in [4.69, 9.17) is 9.15 Å². The molecule has 0 saturated heterocycles. The number of urea groups is 1. The second-order valence-corrected chi connectivity index (χ2v) is 6.22. The first-order valence-corrected chi connectivity index (χ1v) is 8.06. The van der Waals surface area contributed by atoms with Gasteiger partial charge < -0.3 is 23.9 Å². The molecule has 1 aromatic heterocycles. The summed E-state index contributed by atoms with van der Waals surface area (Å²) in [7, 11) is 4.95. The molecule has 0 aromatic carbocycles. The zero-order valence-electron chi connectivity index (χ0n) is 15.5. The van der Waals surface area contributed by atoms with E-state index in [0.29, 0.717) is 25.5 Å². The maximum atomic E-state index is 12.7. The van der Waals surface area contributed by atoms with Crippen molar-refractivity contribution in [2.45, 2.75) is 33.4 Å². The third-order valence-electron chi connectivity index (χ3n) is 3.62. The molecule has 136 valence electrons. The van der Waals surface area contributed by atoms with Crippen molar-refractivity contribution in [1.82, 2.24) is 14.7 Å². The van der Waals surface area contributed by atoms with Crippen LogP contribution in [0.5, 0.6) is 0 Å². The van der Waals surface area contributed by atoms with Crippen molar-refractivity contribution in [2.75, 3.05) is 40.9 Å². The molecular weight excluding hydrogens is 310 g/mol. The number of ether oxygens (including phenoxy) is 1. The Bertz CT molecular complexity index is 540. The van der Waals surface area contributed by atoms with E-state index in [1.54, 1.807) is 31.0 Å². The summed E-state index contributed by atoms with van der Waals surface area (Å²) in [5.41, 5.74) is 0. The van der Waals surface area contributed by atoms with Crippen LogP contribution in [0.15, 0.2) is 16.5 Å². The van der Waals surface area contributed by atoms with Gasteiger partial charge in [-0.3, -0.25) is 4.79 Å². The summed E-state index contributed by atoms with van der Waals surface area (Å²) in [4.78, 5) is 29.7. The van der Waals surface area contributed by atoms with Gasteiger partial charge in [-0.2, -0.15) is 0 Å². The minimum atomic E-state index is -0.182. The predicted molar refractivity (Wildman–Crippen MR) is 91.7 cm³/mol. The van der Waals surface area contributed by atoms with Gasteiger partial charge in [0.05, 0.1) is 13.2 Å². The predicted octanol–water partition coefficient (Wildman–Crippen LogP) is 1.96. The summed E-state index contributed by atoms with van der Waals surface area (Å²) in [6, 6.07) is 3.47.